The first kappa shape index (κ1) is 20.9. The topological polar surface area (TPSA) is 76.5 Å². The molecule has 0 bridgehead atoms. The summed E-state index contributed by atoms with van der Waals surface area (Å²) in [6.45, 7) is 2.00. The summed E-state index contributed by atoms with van der Waals surface area (Å²) in [6, 6.07) is 16.5. The molecule has 160 valence electrons. The first-order chi connectivity index (χ1) is 15.0. The van der Waals surface area contributed by atoms with Gasteiger partial charge in [0.05, 0.1) is 7.11 Å². The minimum Gasteiger partial charge on any atom is -0.496 e. The van der Waals surface area contributed by atoms with Gasteiger partial charge in [0.15, 0.2) is 5.69 Å². The van der Waals surface area contributed by atoms with E-state index in [-0.39, 0.29) is 17.5 Å². The van der Waals surface area contributed by atoms with Gasteiger partial charge < -0.3 is 15.0 Å². The number of hydrogen-bond donors (Lipinski definition) is 1. The molecule has 2 amide bonds. The highest BCUT2D eigenvalue weighted by atomic mass is 35.5. The summed E-state index contributed by atoms with van der Waals surface area (Å²) in [7, 11) is 1.59. The Balaban J connectivity index is 1.47. The number of rotatable bonds is 6. The Morgan fingerprint density at radius 3 is 2.71 bits per heavy atom. The number of amides is 2. The highest BCUT2D eigenvalue weighted by molar-refractivity contribution is 6.30. The Kier molecular flexibility index (Phi) is 6.23. The third-order valence-corrected chi connectivity index (χ3v) is 5.49. The monoisotopic (exact) mass is 438 g/mol. The van der Waals surface area contributed by atoms with Crippen LogP contribution in [-0.4, -0.2) is 40.1 Å². The number of aryl methyl sites for hydroxylation is 1. The molecule has 0 saturated heterocycles. The van der Waals surface area contributed by atoms with Gasteiger partial charge in [0.25, 0.3) is 11.8 Å². The Morgan fingerprint density at radius 2 is 1.94 bits per heavy atom. The van der Waals surface area contributed by atoms with Gasteiger partial charge in [-0.3, -0.25) is 14.3 Å². The number of fused-ring (bicyclic) bond motifs is 1. The van der Waals surface area contributed by atoms with Gasteiger partial charge in [-0.25, -0.2) is 0 Å². The van der Waals surface area contributed by atoms with Gasteiger partial charge in [0, 0.05) is 42.8 Å². The van der Waals surface area contributed by atoms with Gasteiger partial charge in [0.1, 0.15) is 11.4 Å². The summed E-state index contributed by atoms with van der Waals surface area (Å²) in [5.74, 6) is 0.240. The van der Waals surface area contributed by atoms with Crippen molar-refractivity contribution in [3.8, 4) is 5.75 Å². The fourth-order valence-corrected chi connectivity index (χ4v) is 3.75. The van der Waals surface area contributed by atoms with Gasteiger partial charge in [-0.05, 0) is 30.2 Å². The van der Waals surface area contributed by atoms with Crippen molar-refractivity contribution in [2.24, 2.45) is 0 Å². The highest BCUT2D eigenvalue weighted by Crippen LogP contribution is 2.19. The normalized spacial score (nSPS) is 13.5. The van der Waals surface area contributed by atoms with Gasteiger partial charge in [-0.2, -0.15) is 5.10 Å². The summed E-state index contributed by atoms with van der Waals surface area (Å²) < 4.78 is 6.94. The molecule has 1 aliphatic rings. The van der Waals surface area contributed by atoms with Crippen molar-refractivity contribution in [1.82, 2.24) is 20.0 Å². The van der Waals surface area contributed by atoms with Crippen LogP contribution in [0.5, 0.6) is 5.75 Å². The molecule has 0 spiro atoms. The van der Waals surface area contributed by atoms with Crippen molar-refractivity contribution in [3.05, 3.63) is 82.1 Å². The number of aromatic nitrogens is 2. The number of nitrogens with zero attached hydrogens (tertiary/aromatic N) is 3. The lowest BCUT2D eigenvalue weighted by Crippen LogP contribution is -2.30. The minimum atomic E-state index is -0.330. The van der Waals surface area contributed by atoms with Gasteiger partial charge in [-0.1, -0.05) is 41.9 Å². The molecule has 0 unspecified atom stereocenters. The standard InChI is InChI=1S/C23H23ClN4O3/c1-31-21-6-3-2-5-17(21)14-25-22(29)19-13-20-23(30)27(11-4-12-28(20)26-19)15-16-7-9-18(24)10-8-16/h2-3,5-10,13H,4,11-12,14-15H2,1H3,(H,25,29). The molecule has 0 radical (unpaired) electrons. The number of halogens is 1. The predicted molar refractivity (Wildman–Crippen MR) is 117 cm³/mol. The van der Waals surface area contributed by atoms with E-state index >= 15 is 0 Å². The van der Waals surface area contributed by atoms with E-state index in [0.717, 1.165) is 17.5 Å². The van der Waals surface area contributed by atoms with Crippen LogP contribution in [0.25, 0.3) is 0 Å². The van der Waals surface area contributed by atoms with Crippen molar-refractivity contribution in [2.75, 3.05) is 13.7 Å². The van der Waals surface area contributed by atoms with Crippen LogP contribution in [0.4, 0.5) is 0 Å². The average molecular weight is 439 g/mol. The van der Waals surface area contributed by atoms with Crippen LogP contribution in [0.2, 0.25) is 5.02 Å². The molecule has 1 aliphatic heterocycles. The minimum absolute atomic E-state index is 0.135. The molecule has 7 nitrogen and oxygen atoms in total. The quantitative estimate of drug-likeness (QED) is 0.638. The smallest absolute Gasteiger partial charge is 0.272 e. The van der Waals surface area contributed by atoms with Crippen molar-refractivity contribution < 1.29 is 14.3 Å². The number of para-hydroxylation sites is 1. The average Bonchev–Trinajstić information content (AvgIpc) is 3.16. The summed E-state index contributed by atoms with van der Waals surface area (Å²) in [6.07, 6.45) is 0.760. The molecule has 3 aromatic rings. The second-order valence-corrected chi connectivity index (χ2v) is 7.78. The number of ether oxygens (including phenoxy) is 1. The van der Waals surface area contributed by atoms with Crippen molar-refractivity contribution in [1.29, 1.82) is 0 Å². The Bertz CT molecular complexity index is 1090. The van der Waals surface area contributed by atoms with Crippen molar-refractivity contribution in [3.63, 3.8) is 0 Å². The zero-order chi connectivity index (χ0) is 21.8. The maximum absolute atomic E-state index is 13.1. The van der Waals surface area contributed by atoms with Crippen LogP contribution in [0, 0.1) is 0 Å². The third-order valence-electron chi connectivity index (χ3n) is 5.24. The van der Waals surface area contributed by atoms with Gasteiger partial charge in [-0.15, -0.1) is 0 Å². The zero-order valence-electron chi connectivity index (χ0n) is 17.2. The molecular weight excluding hydrogens is 416 g/mol. The molecular formula is C23H23ClN4O3. The second-order valence-electron chi connectivity index (χ2n) is 7.34. The van der Waals surface area contributed by atoms with E-state index in [1.54, 1.807) is 22.8 Å². The van der Waals surface area contributed by atoms with E-state index in [4.69, 9.17) is 16.3 Å². The lowest BCUT2D eigenvalue weighted by Gasteiger charge is -2.20. The van der Waals surface area contributed by atoms with E-state index in [1.807, 2.05) is 48.5 Å². The van der Waals surface area contributed by atoms with Crippen LogP contribution in [0.1, 0.15) is 38.5 Å². The van der Waals surface area contributed by atoms with Crippen molar-refractivity contribution >= 4 is 23.4 Å². The third kappa shape index (κ3) is 4.72. The fourth-order valence-electron chi connectivity index (χ4n) is 3.62. The summed E-state index contributed by atoms with van der Waals surface area (Å²) in [5.41, 5.74) is 2.52. The van der Waals surface area contributed by atoms with Crippen LogP contribution in [-0.2, 0) is 19.6 Å². The Labute approximate surface area is 185 Å². The molecule has 2 heterocycles. The predicted octanol–water partition coefficient (Wildman–Crippen LogP) is 3.52. The number of carbonyl (C=O) groups is 2. The molecule has 0 saturated carbocycles. The summed E-state index contributed by atoms with van der Waals surface area (Å²) >= 11 is 5.95. The first-order valence-corrected chi connectivity index (χ1v) is 10.4. The number of methoxy groups -OCH3 is 1. The SMILES string of the molecule is COc1ccccc1CNC(=O)c1cc2n(n1)CCCN(Cc1ccc(Cl)cc1)C2=O. The number of carbonyl (C=O) groups excluding carboxylic acids is 2. The molecule has 1 aromatic heterocycles. The van der Waals surface area contributed by atoms with Crippen molar-refractivity contribution in [2.45, 2.75) is 26.1 Å². The first-order valence-electron chi connectivity index (χ1n) is 10.1. The van der Waals surface area contributed by atoms with E-state index in [2.05, 4.69) is 10.4 Å². The molecule has 2 aromatic carbocycles. The molecule has 8 heteroatoms. The molecule has 0 atom stereocenters. The highest BCUT2D eigenvalue weighted by Gasteiger charge is 2.26. The van der Waals surface area contributed by atoms with E-state index in [1.165, 1.54) is 0 Å². The Morgan fingerprint density at radius 1 is 1.16 bits per heavy atom. The number of hydrogen-bond acceptors (Lipinski definition) is 4. The van der Waals surface area contributed by atoms with Crippen LogP contribution < -0.4 is 10.1 Å². The lowest BCUT2D eigenvalue weighted by molar-refractivity contribution is 0.0745. The summed E-state index contributed by atoms with van der Waals surface area (Å²) in [5, 5.41) is 7.89. The van der Waals surface area contributed by atoms with Gasteiger partial charge in [0.2, 0.25) is 0 Å². The second kappa shape index (κ2) is 9.22. The maximum atomic E-state index is 13.1. The van der Waals surface area contributed by atoms with Gasteiger partial charge >= 0.3 is 0 Å². The maximum Gasteiger partial charge on any atom is 0.272 e. The number of nitrogens with one attached hydrogen (secondary N) is 1. The van der Waals surface area contributed by atoms with Crippen LogP contribution >= 0.6 is 11.6 Å². The van der Waals surface area contributed by atoms with E-state index in [9.17, 15) is 9.59 Å². The zero-order valence-corrected chi connectivity index (χ0v) is 17.9. The van der Waals surface area contributed by atoms with Crippen LogP contribution in [0.15, 0.2) is 54.6 Å². The number of benzene rings is 2. The molecule has 0 fully saturated rings. The van der Waals surface area contributed by atoms with Crippen LogP contribution in [0.3, 0.4) is 0 Å². The lowest BCUT2D eigenvalue weighted by atomic mass is 10.2. The molecule has 4 rings (SSSR count). The Hall–Kier alpha value is -3.32. The molecule has 31 heavy (non-hydrogen) atoms. The molecule has 1 N–H and O–H groups in total. The van der Waals surface area contributed by atoms with E-state index in [0.29, 0.717) is 42.6 Å². The largest absolute Gasteiger partial charge is 0.496 e. The summed E-state index contributed by atoms with van der Waals surface area (Å²) in [4.78, 5) is 27.5. The molecule has 0 aliphatic carbocycles. The fraction of sp³-hybridized carbons (Fsp3) is 0.261. The van der Waals surface area contributed by atoms with E-state index < -0.39 is 0 Å².